The van der Waals surface area contributed by atoms with Crippen molar-refractivity contribution in [3.05, 3.63) is 16.8 Å². The van der Waals surface area contributed by atoms with Gasteiger partial charge in [-0.3, -0.25) is 0 Å². The monoisotopic (exact) mass is 258 g/mol. The van der Waals surface area contributed by atoms with Gasteiger partial charge in [-0.1, -0.05) is 27.2 Å². The maximum absolute atomic E-state index is 9.40. The molecule has 0 bridgehead atoms. The fourth-order valence-corrected chi connectivity index (χ4v) is 2.68. The van der Waals surface area contributed by atoms with E-state index in [9.17, 15) is 5.26 Å². The van der Waals surface area contributed by atoms with Crippen molar-refractivity contribution < 1.29 is 0 Å². The highest BCUT2D eigenvalue weighted by molar-refractivity contribution is 5.57. The average molecular weight is 258 g/mol. The summed E-state index contributed by atoms with van der Waals surface area (Å²) in [4.78, 5) is 0. The summed E-state index contributed by atoms with van der Waals surface area (Å²) in [6.07, 6.45) is 5.32. The molecule has 2 rings (SSSR count). The van der Waals surface area contributed by atoms with Gasteiger partial charge >= 0.3 is 0 Å². The smallest absolute Gasteiger partial charge is 0.167 e. The van der Waals surface area contributed by atoms with Gasteiger partial charge in [-0.15, -0.1) is 5.10 Å². The van der Waals surface area contributed by atoms with Crippen molar-refractivity contribution >= 4 is 5.82 Å². The van der Waals surface area contributed by atoms with E-state index in [1.54, 1.807) is 0 Å². The molecule has 1 saturated carbocycles. The first-order chi connectivity index (χ1) is 9.24. The molecular weight excluding hydrogens is 236 g/mol. The van der Waals surface area contributed by atoms with Crippen molar-refractivity contribution in [2.75, 3.05) is 5.32 Å². The van der Waals surface area contributed by atoms with Crippen LogP contribution in [-0.4, -0.2) is 16.2 Å². The number of nitrogens with zero attached hydrogens (tertiary/aromatic N) is 3. The molecule has 1 fully saturated rings. The zero-order chi connectivity index (χ0) is 13.8. The number of hydrogen-bond donors (Lipinski definition) is 1. The average Bonchev–Trinajstić information content (AvgIpc) is 3.16. The molecule has 1 heterocycles. The van der Waals surface area contributed by atoms with Crippen LogP contribution in [0.2, 0.25) is 0 Å². The van der Waals surface area contributed by atoms with Crippen molar-refractivity contribution in [2.24, 2.45) is 5.92 Å². The molecule has 2 atom stereocenters. The highest BCUT2D eigenvalue weighted by Crippen LogP contribution is 2.37. The van der Waals surface area contributed by atoms with Gasteiger partial charge in [0.2, 0.25) is 0 Å². The quantitative estimate of drug-likeness (QED) is 0.851. The number of anilines is 1. The first-order valence-corrected chi connectivity index (χ1v) is 7.30. The highest BCUT2D eigenvalue weighted by Gasteiger charge is 2.36. The molecule has 1 N–H and O–H groups in total. The maximum Gasteiger partial charge on any atom is 0.167 e. The number of rotatable bonds is 6. The topological polar surface area (TPSA) is 61.6 Å². The number of nitrogens with one attached hydrogen (secondary N) is 1. The second kappa shape index (κ2) is 6.01. The standard InChI is InChI=1S/C15H22N4/c1-4-7-10-8-14(10)17-15-12(9-16)11(5-2)13(6-3)18-19-15/h10,14H,4-8H2,1-3H3,(H,17,19). The highest BCUT2D eigenvalue weighted by atomic mass is 15.2. The molecular formula is C15H22N4. The summed E-state index contributed by atoms with van der Waals surface area (Å²) in [5, 5.41) is 21.3. The Hall–Kier alpha value is -1.63. The van der Waals surface area contributed by atoms with Crippen molar-refractivity contribution in [1.29, 1.82) is 5.26 Å². The molecule has 2 unspecified atom stereocenters. The van der Waals surface area contributed by atoms with Crippen molar-refractivity contribution in [2.45, 2.75) is 58.9 Å². The summed E-state index contributed by atoms with van der Waals surface area (Å²) in [5.41, 5.74) is 2.69. The van der Waals surface area contributed by atoms with Gasteiger partial charge in [0.25, 0.3) is 0 Å². The lowest BCUT2D eigenvalue weighted by atomic mass is 10.0. The van der Waals surface area contributed by atoms with Crippen molar-refractivity contribution in [3.63, 3.8) is 0 Å². The van der Waals surface area contributed by atoms with Crippen LogP contribution in [0, 0.1) is 17.2 Å². The summed E-state index contributed by atoms with van der Waals surface area (Å²) >= 11 is 0. The van der Waals surface area contributed by atoms with Gasteiger partial charge in [0, 0.05) is 6.04 Å². The Kier molecular flexibility index (Phi) is 4.36. The van der Waals surface area contributed by atoms with Gasteiger partial charge in [-0.25, -0.2) is 0 Å². The summed E-state index contributed by atoms with van der Waals surface area (Å²) in [6.45, 7) is 6.33. The predicted molar refractivity (Wildman–Crippen MR) is 75.9 cm³/mol. The Balaban J connectivity index is 2.20. The zero-order valence-corrected chi connectivity index (χ0v) is 12.0. The molecule has 0 aromatic carbocycles. The molecule has 1 aliphatic carbocycles. The van der Waals surface area contributed by atoms with Crippen LogP contribution < -0.4 is 5.32 Å². The fraction of sp³-hybridized carbons (Fsp3) is 0.667. The molecule has 4 heteroatoms. The van der Waals surface area contributed by atoms with Crippen molar-refractivity contribution in [1.82, 2.24) is 10.2 Å². The predicted octanol–water partition coefficient (Wildman–Crippen LogP) is 3.07. The number of aromatic nitrogens is 2. The summed E-state index contributed by atoms with van der Waals surface area (Å²) < 4.78 is 0. The molecule has 0 saturated heterocycles. The van der Waals surface area contributed by atoms with Gasteiger partial charge in [0.15, 0.2) is 5.82 Å². The van der Waals surface area contributed by atoms with Crippen LogP contribution in [-0.2, 0) is 12.8 Å². The maximum atomic E-state index is 9.40. The second-order valence-corrected chi connectivity index (χ2v) is 5.20. The molecule has 4 nitrogen and oxygen atoms in total. The molecule has 1 aromatic rings. The van der Waals surface area contributed by atoms with E-state index in [1.165, 1.54) is 19.3 Å². The van der Waals surface area contributed by atoms with Crippen LogP contribution in [0.15, 0.2) is 0 Å². The first kappa shape index (κ1) is 13.8. The van der Waals surface area contributed by atoms with Crippen LogP contribution in [0.4, 0.5) is 5.82 Å². The number of aryl methyl sites for hydroxylation is 1. The van der Waals surface area contributed by atoms with E-state index in [0.29, 0.717) is 17.4 Å². The van der Waals surface area contributed by atoms with Crippen LogP contribution in [0.3, 0.4) is 0 Å². The van der Waals surface area contributed by atoms with E-state index in [-0.39, 0.29) is 0 Å². The first-order valence-electron chi connectivity index (χ1n) is 7.30. The van der Waals surface area contributed by atoms with Gasteiger partial charge in [-0.05, 0) is 37.2 Å². The van der Waals surface area contributed by atoms with Crippen LogP contribution in [0.25, 0.3) is 0 Å². The largest absolute Gasteiger partial charge is 0.364 e. The lowest BCUT2D eigenvalue weighted by molar-refractivity contribution is 0.691. The van der Waals surface area contributed by atoms with Gasteiger partial charge in [0.1, 0.15) is 11.6 Å². The van der Waals surface area contributed by atoms with E-state index >= 15 is 0 Å². The van der Waals surface area contributed by atoms with Gasteiger partial charge in [-0.2, -0.15) is 10.4 Å². The Labute approximate surface area is 115 Å². The number of hydrogen-bond acceptors (Lipinski definition) is 4. The lowest BCUT2D eigenvalue weighted by Gasteiger charge is -2.11. The Morgan fingerprint density at radius 2 is 2.05 bits per heavy atom. The van der Waals surface area contributed by atoms with Crippen LogP contribution in [0.5, 0.6) is 0 Å². The molecule has 19 heavy (non-hydrogen) atoms. The summed E-state index contributed by atoms with van der Waals surface area (Å²) in [7, 11) is 0. The van der Waals surface area contributed by atoms with Gasteiger partial charge in [0.05, 0.1) is 5.69 Å². The Morgan fingerprint density at radius 1 is 1.26 bits per heavy atom. The van der Waals surface area contributed by atoms with E-state index in [4.69, 9.17) is 0 Å². The normalized spacial score (nSPS) is 20.9. The third-order valence-corrected chi connectivity index (χ3v) is 3.86. The SMILES string of the molecule is CCCC1CC1Nc1nnc(CC)c(CC)c1C#N. The lowest BCUT2D eigenvalue weighted by Crippen LogP contribution is -2.12. The zero-order valence-electron chi connectivity index (χ0n) is 12.0. The second-order valence-electron chi connectivity index (χ2n) is 5.20. The van der Waals surface area contributed by atoms with E-state index in [2.05, 4.69) is 42.4 Å². The molecule has 102 valence electrons. The minimum atomic E-state index is 0.485. The Morgan fingerprint density at radius 3 is 2.63 bits per heavy atom. The van der Waals surface area contributed by atoms with E-state index < -0.39 is 0 Å². The molecule has 1 aromatic heterocycles. The van der Waals surface area contributed by atoms with E-state index in [0.717, 1.165) is 30.0 Å². The fourth-order valence-electron chi connectivity index (χ4n) is 2.68. The Bertz CT molecular complexity index is 490. The minimum absolute atomic E-state index is 0.485. The molecule has 0 amide bonds. The molecule has 0 radical (unpaired) electrons. The van der Waals surface area contributed by atoms with Crippen molar-refractivity contribution in [3.8, 4) is 6.07 Å². The van der Waals surface area contributed by atoms with Crippen LogP contribution in [0.1, 0.15) is 56.9 Å². The summed E-state index contributed by atoms with van der Waals surface area (Å²) in [5.74, 6) is 1.43. The minimum Gasteiger partial charge on any atom is -0.364 e. The molecule has 0 aliphatic heterocycles. The summed E-state index contributed by atoms with van der Waals surface area (Å²) in [6, 6.07) is 2.79. The van der Waals surface area contributed by atoms with E-state index in [1.807, 2.05) is 0 Å². The molecule has 1 aliphatic rings. The van der Waals surface area contributed by atoms with Gasteiger partial charge < -0.3 is 5.32 Å². The number of nitriles is 1. The third kappa shape index (κ3) is 2.86. The molecule has 0 spiro atoms. The van der Waals surface area contributed by atoms with Crippen LogP contribution >= 0.6 is 0 Å². The third-order valence-electron chi connectivity index (χ3n) is 3.86.